The number of fused-ring (bicyclic) bond motifs is 6. The largest absolute Gasteiger partial charge is 0.456 e. The second kappa shape index (κ2) is 11.4. The van der Waals surface area contributed by atoms with Crippen LogP contribution in [0.1, 0.15) is 0 Å². The zero-order valence-electron chi connectivity index (χ0n) is 26.7. The maximum absolute atomic E-state index is 6.62. The van der Waals surface area contributed by atoms with Gasteiger partial charge < -0.3 is 8.83 Å². The van der Waals surface area contributed by atoms with Crippen molar-refractivity contribution >= 4 is 43.9 Å². The van der Waals surface area contributed by atoms with Crippen LogP contribution in [0.15, 0.2) is 173 Å². The molecule has 0 aliphatic carbocycles. The van der Waals surface area contributed by atoms with Gasteiger partial charge in [-0.15, -0.1) is 0 Å². The fraction of sp³-hybridized carbons (Fsp3) is 0. The Morgan fingerprint density at radius 3 is 1.70 bits per heavy atom. The van der Waals surface area contributed by atoms with Gasteiger partial charge in [-0.2, -0.15) is 0 Å². The minimum atomic E-state index is 0.581. The predicted molar refractivity (Wildman–Crippen MR) is 202 cm³/mol. The standard InChI is InChI=1S/C45H27N3O2/c1-4-13-28(14-5-1)32-26-35(29-15-6-2-7-16-29)42-37(27-32)36-25-31(23-24-39(36)50-42)44-46-43(30-17-8-3-9-18-30)47-45(48-44)34-20-12-22-40-41(34)33-19-10-11-21-38(33)49-40/h1-27H. The second-order valence-electron chi connectivity index (χ2n) is 12.4. The highest BCUT2D eigenvalue weighted by Crippen LogP contribution is 2.41. The summed E-state index contributed by atoms with van der Waals surface area (Å²) in [6.45, 7) is 0. The van der Waals surface area contributed by atoms with E-state index in [1.807, 2.05) is 84.9 Å². The third kappa shape index (κ3) is 4.67. The Morgan fingerprint density at radius 2 is 0.920 bits per heavy atom. The monoisotopic (exact) mass is 641 g/mol. The van der Waals surface area contributed by atoms with E-state index >= 15 is 0 Å². The van der Waals surface area contributed by atoms with E-state index in [0.29, 0.717) is 17.5 Å². The van der Waals surface area contributed by atoms with Crippen molar-refractivity contribution in [2.24, 2.45) is 0 Å². The normalized spacial score (nSPS) is 11.6. The van der Waals surface area contributed by atoms with Gasteiger partial charge in [0.1, 0.15) is 22.3 Å². The molecular weight excluding hydrogens is 615 g/mol. The molecule has 0 atom stereocenters. The molecule has 0 saturated heterocycles. The fourth-order valence-electron chi connectivity index (χ4n) is 6.95. The summed E-state index contributed by atoms with van der Waals surface area (Å²) < 4.78 is 12.8. The van der Waals surface area contributed by atoms with Gasteiger partial charge in [0, 0.05) is 43.8 Å². The quantitative estimate of drug-likeness (QED) is 0.187. The van der Waals surface area contributed by atoms with E-state index < -0.39 is 0 Å². The van der Waals surface area contributed by atoms with Crippen LogP contribution in [0.5, 0.6) is 0 Å². The summed E-state index contributed by atoms with van der Waals surface area (Å²) in [4.78, 5) is 15.2. The number of aromatic nitrogens is 3. The van der Waals surface area contributed by atoms with Crippen LogP contribution >= 0.6 is 0 Å². The third-order valence-electron chi connectivity index (χ3n) is 9.33. The molecule has 0 N–H and O–H groups in total. The minimum Gasteiger partial charge on any atom is -0.456 e. The van der Waals surface area contributed by atoms with Crippen LogP contribution in [0, 0.1) is 0 Å². The first kappa shape index (κ1) is 28.2. The van der Waals surface area contributed by atoms with Gasteiger partial charge in [-0.05, 0) is 59.2 Å². The van der Waals surface area contributed by atoms with E-state index in [2.05, 4.69) is 78.9 Å². The molecule has 234 valence electrons. The first-order valence-corrected chi connectivity index (χ1v) is 16.6. The molecule has 0 unspecified atom stereocenters. The summed E-state index contributed by atoms with van der Waals surface area (Å²) in [6.07, 6.45) is 0. The summed E-state index contributed by atoms with van der Waals surface area (Å²) >= 11 is 0. The molecule has 10 aromatic rings. The van der Waals surface area contributed by atoms with Gasteiger partial charge in [0.15, 0.2) is 17.5 Å². The van der Waals surface area contributed by atoms with Gasteiger partial charge >= 0.3 is 0 Å². The van der Waals surface area contributed by atoms with Crippen LogP contribution in [0.25, 0.3) is 100 Å². The smallest absolute Gasteiger partial charge is 0.164 e. The van der Waals surface area contributed by atoms with Gasteiger partial charge in [-0.25, -0.2) is 15.0 Å². The van der Waals surface area contributed by atoms with E-state index in [9.17, 15) is 0 Å². The third-order valence-corrected chi connectivity index (χ3v) is 9.33. The van der Waals surface area contributed by atoms with Crippen molar-refractivity contribution in [2.75, 3.05) is 0 Å². The average molecular weight is 642 g/mol. The highest BCUT2D eigenvalue weighted by atomic mass is 16.3. The van der Waals surface area contributed by atoms with Crippen molar-refractivity contribution in [3.05, 3.63) is 164 Å². The maximum Gasteiger partial charge on any atom is 0.164 e. The Kier molecular flexibility index (Phi) is 6.42. The van der Waals surface area contributed by atoms with Crippen molar-refractivity contribution in [3.8, 4) is 56.4 Å². The van der Waals surface area contributed by atoms with Gasteiger partial charge in [0.05, 0.1) is 0 Å². The Morgan fingerprint density at radius 1 is 0.320 bits per heavy atom. The topological polar surface area (TPSA) is 65.0 Å². The molecule has 10 rings (SSSR count). The second-order valence-corrected chi connectivity index (χ2v) is 12.4. The van der Waals surface area contributed by atoms with Crippen LogP contribution in [0.4, 0.5) is 0 Å². The molecule has 7 aromatic carbocycles. The van der Waals surface area contributed by atoms with E-state index in [4.69, 9.17) is 23.8 Å². The number of rotatable bonds is 5. The van der Waals surface area contributed by atoms with Gasteiger partial charge in [-0.3, -0.25) is 0 Å². The Bertz CT molecular complexity index is 2860. The molecular formula is C45H27N3O2. The first-order chi connectivity index (χ1) is 24.8. The van der Waals surface area contributed by atoms with Crippen LogP contribution < -0.4 is 0 Å². The SMILES string of the molecule is c1ccc(-c2cc(-c3ccccc3)c3oc4ccc(-c5nc(-c6ccccc6)nc(-c6cccc7oc8ccccc8c67)n5)cc4c3c2)cc1. The van der Waals surface area contributed by atoms with E-state index in [1.165, 1.54) is 0 Å². The molecule has 0 aliphatic heterocycles. The van der Waals surface area contributed by atoms with Gasteiger partial charge in [-0.1, -0.05) is 121 Å². The Hall–Kier alpha value is -6.85. The molecule has 5 nitrogen and oxygen atoms in total. The maximum atomic E-state index is 6.62. The highest BCUT2D eigenvalue weighted by Gasteiger charge is 2.20. The molecule has 0 bridgehead atoms. The van der Waals surface area contributed by atoms with Crippen LogP contribution in [-0.4, -0.2) is 15.0 Å². The molecule has 0 aliphatic rings. The number of hydrogen-bond donors (Lipinski definition) is 0. The predicted octanol–water partition coefficient (Wildman–Crippen LogP) is 12.0. The zero-order valence-corrected chi connectivity index (χ0v) is 26.7. The van der Waals surface area contributed by atoms with Crippen LogP contribution in [0.3, 0.4) is 0 Å². The van der Waals surface area contributed by atoms with Crippen molar-refractivity contribution in [1.82, 2.24) is 15.0 Å². The lowest BCUT2D eigenvalue weighted by Crippen LogP contribution is -2.00. The summed E-state index contributed by atoms with van der Waals surface area (Å²) in [7, 11) is 0. The lowest BCUT2D eigenvalue weighted by Gasteiger charge is -2.09. The molecule has 0 spiro atoms. The average Bonchev–Trinajstić information content (AvgIpc) is 3.76. The summed E-state index contributed by atoms with van der Waals surface area (Å²) in [6, 6.07) is 55.7. The molecule has 3 aromatic heterocycles. The fourth-order valence-corrected chi connectivity index (χ4v) is 6.95. The molecule has 50 heavy (non-hydrogen) atoms. The van der Waals surface area contributed by atoms with Crippen molar-refractivity contribution < 1.29 is 8.83 Å². The lowest BCUT2D eigenvalue weighted by atomic mass is 9.95. The Labute approximate surface area is 287 Å². The highest BCUT2D eigenvalue weighted by molar-refractivity contribution is 6.13. The summed E-state index contributed by atoms with van der Waals surface area (Å²) in [5.74, 6) is 1.77. The molecule has 0 saturated carbocycles. The van der Waals surface area contributed by atoms with Gasteiger partial charge in [0.2, 0.25) is 0 Å². The molecule has 3 heterocycles. The molecule has 5 heteroatoms. The summed E-state index contributed by atoms with van der Waals surface area (Å²) in [5.41, 5.74) is 10.4. The van der Waals surface area contributed by atoms with Crippen molar-refractivity contribution in [1.29, 1.82) is 0 Å². The van der Waals surface area contributed by atoms with E-state index in [1.54, 1.807) is 0 Å². The summed E-state index contributed by atoms with van der Waals surface area (Å²) in [5, 5.41) is 4.04. The van der Waals surface area contributed by atoms with Crippen LogP contribution in [-0.2, 0) is 0 Å². The van der Waals surface area contributed by atoms with Gasteiger partial charge in [0.25, 0.3) is 0 Å². The van der Waals surface area contributed by atoms with E-state index in [0.717, 1.165) is 82.8 Å². The first-order valence-electron chi connectivity index (χ1n) is 16.6. The number of furan rings is 2. The lowest BCUT2D eigenvalue weighted by molar-refractivity contribution is 0.669. The minimum absolute atomic E-state index is 0.581. The number of nitrogens with zero attached hydrogens (tertiary/aromatic N) is 3. The molecule has 0 amide bonds. The van der Waals surface area contributed by atoms with Crippen LogP contribution in [0.2, 0.25) is 0 Å². The molecule has 0 fully saturated rings. The Balaban J connectivity index is 1.21. The molecule has 0 radical (unpaired) electrons. The number of hydrogen-bond acceptors (Lipinski definition) is 5. The number of benzene rings is 7. The van der Waals surface area contributed by atoms with Crippen molar-refractivity contribution in [2.45, 2.75) is 0 Å². The van der Waals surface area contributed by atoms with Crippen molar-refractivity contribution in [3.63, 3.8) is 0 Å². The number of para-hydroxylation sites is 1. The van der Waals surface area contributed by atoms with E-state index in [-0.39, 0.29) is 0 Å². The zero-order chi connectivity index (χ0) is 33.0.